The first kappa shape index (κ1) is 15.9. The third-order valence-corrected chi connectivity index (χ3v) is 4.64. The van der Waals surface area contributed by atoms with Gasteiger partial charge in [-0.3, -0.25) is 0 Å². The molecule has 0 spiro atoms. The minimum atomic E-state index is -2.59. The van der Waals surface area contributed by atoms with Crippen LogP contribution in [0.15, 0.2) is 11.8 Å². The highest BCUT2D eigenvalue weighted by molar-refractivity contribution is 6.53. The smallest absolute Gasteiger partial charge is 0.398 e. The lowest BCUT2D eigenvalue weighted by Gasteiger charge is -2.32. The zero-order valence-electron chi connectivity index (χ0n) is 12.5. The van der Waals surface area contributed by atoms with Gasteiger partial charge in [-0.05, 0) is 46.5 Å². The maximum absolute atomic E-state index is 14.2. The summed E-state index contributed by atoms with van der Waals surface area (Å²) in [6.45, 7) is 7.39. The summed E-state index contributed by atoms with van der Waals surface area (Å²) in [5, 5.41) is 0. The first-order valence-corrected chi connectivity index (χ1v) is 7.13. The highest BCUT2D eigenvalue weighted by Crippen LogP contribution is 2.40. The van der Waals surface area contributed by atoms with Gasteiger partial charge in [-0.25, -0.2) is 13.2 Å². The van der Waals surface area contributed by atoms with E-state index < -0.39 is 30.0 Å². The summed E-state index contributed by atoms with van der Waals surface area (Å²) in [5.41, 5.74) is -1.69. The van der Waals surface area contributed by atoms with E-state index in [0.29, 0.717) is 12.8 Å². The van der Waals surface area contributed by atoms with Gasteiger partial charge in [0.2, 0.25) is 5.92 Å². The van der Waals surface area contributed by atoms with Crippen LogP contribution in [-0.4, -0.2) is 24.2 Å². The number of hydrogen-bond donors (Lipinski definition) is 0. The van der Waals surface area contributed by atoms with Gasteiger partial charge in [0.15, 0.2) is 0 Å². The van der Waals surface area contributed by atoms with Crippen molar-refractivity contribution in [2.45, 2.75) is 70.5 Å². The number of halogens is 3. The first-order chi connectivity index (χ1) is 9.02. The summed E-state index contributed by atoms with van der Waals surface area (Å²) < 4.78 is 51.5. The summed E-state index contributed by atoms with van der Waals surface area (Å²) in [5.74, 6) is -2.75. The Labute approximate surface area is 118 Å². The van der Waals surface area contributed by atoms with Crippen molar-refractivity contribution in [3.63, 3.8) is 0 Å². The summed E-state index contributed by atoms with van der Waals surface area (Å²) in [4.78, 5) is 0. The quantitative estimate of drug-likeness (QED) is 0.706. The lowest BCUT2D eigenvalue weighted by atomic mass is 9.81. The lowest BCUT2D eigenvalue weighted by molar-refractivity contribution is -0.0412. The molecule has 2 fully saturated rings. The molecule has 1 aliphatic heterocycles. The normalized spacial score (nSPS) is 29.8. The van der Waals surface area contributed by atoms with Crippen molar-refractivity contribution in [3.05, 3.63) is 11.8 Å². The first-order valence-electron chi connectivity index (χ1n) is 7.13. The Morgan fingerprint density at radius 2 is 1.50 bits per heavy atom. The van der Waals surface area contributed by atoms with Crippen molar-refractivity contribution in [1.29, 1.82) is 0 Å². The van der Waals surface area contributed by atoms with Crippen LogP contribution in [0.5, 0.6) is 0 Å². The van der Waals surface area contributed by atoms with Crippen LogP contribution in [0.4, 0.5) is 13.2 Å². The number of hydrogen-bond acceptors (Lipinski definition) is 2. The van der Waals surface area contributed by atoms with Gasteiger partial charge in [0.25, 0.3) is 0 Å². The largest absolute Gasteiger partial charge is 0.524 e. The average Bonchev–Trinajstić information content (AvgIpc) is 2.51. The van der Waals surface area contributed by atoms with Crippen LogP contribution in [0, 0.1) is 5.92 Å². The van der Waals surface area contributed by atoms with E-state index in [0.717, 1.165) is 0 Å². The highest BCUT2D eigenvalue weighted by atomic mass is 19.3. The maximum atomic E-state index is 14.2. The Morgan fingerprint density at radius 3 is 1.95 bits per heavy atom. The van der Waals surface area contributed by atoms with Crippen LogP contribution in [0.1, 0.15) is 53.4 Å². The Hall–Kier alpha value is -0.485. The number of rotatable bonds is 2. The lowest BCUT2D eigenvalue weighted by Crippen LogP contribution is -2.41. The van der Waals surface area contributed by atoms with E-state index >= 15 is 0 Å². The second-order valence-corrected chi connectivity index (χ2v) is 6.83. The molecule has 0 aromatic heterocycles. The molecule has 0 bridgehead atoms. The summed E-state index contributed by atoms with van der Waals surface area (Å²) >= 11 is 0. The van der Waals surface area contributed by atoms with Crippen LogP contribution in [0.3, 0.4) is 0 Å². The SMILES string of the molecule is CC1(C)OB(C(F)=CC2CCC(F)(F)CC2)OC1(C)C. The third-order valence-electron chi connectivity index (χ3n) is 4.64. The third kappa shape index (κ3) is 3.22. The van der Waals surface area contributed by atoms with E-state index in [-0.39, 0.29) is 18.8 Å². The molecule has 0 aromatic rings. The minimum absolute atomic E-state index is 0.159. The van der Waals surface area contributed by atoms with Gasteiger partial charge in [0, 0.05) is 12.8 Å². The molecule has 0 N–H and O–H groups in total. The van der Waals surface area contributed by atoms with E-state index in [4.69, 9.17) is 9.31 Å². The van der Waals surface area contributed by atoms with Crippen LogP contribution >= 0.6 is 0 Å². The molecule has 20 heavy (non-hydrogen) atoms. The Kier molecular flexibility index (Phi) is 4.02. The van der Waals surface area contributed by atoms with Crippen LogP contribution < -0.4 is 0 Å². The molecule has 1 saturated carbocycles. The fourth-order valence-corrected chi connectivity index (χ4v) is 2.49. The molecule has 1 saturated heterocycles. The fraction of sp³-hybridized carbons (Fsp3) is 0.857. The molecular formula is C14H22BF3O2. The standard InChI is InChI=1S/C14H22BF3O2/c1-12(2)13(3,4)20-15(19-12)11(16)9-10-5-7-14(17,18)8-6-10/h9-10H,5-8H2,1-4H3. The molecule has 2 rings (SSSR count). The molecule has 6 heteroatoms. The second kappa shape index (κ2) is 5.06. The second-order valence-electron chi connectivity index (χ2n) is 6.83. The summed E-state index contributed by atoms with van der Waals surface area (Å²) in [6, 6.07) is 0. The number of allylic oxidation sites excluding steroid dienone is 1. The van der Waals surface area contributed by atoms with Crippen molar-refractivity contribution in [2.24, 2.45) is 5.92 Å². The monoisotopic (exact) mass is 290 g/mol. The molecule has 2 nitrogen and oxygen atoms in total. The van der Waals surface area contributed by atoms with Gasteiger partial charge in [0.1, 0.15) is 5.73 Å². The van der Waals surface area contributed by atoms with Crippen LogP contribution in [0.25, 0.3) is 0 Å². The Bertz CT molecular complexity index is 381. The highest BCUT2D eigenvalue weighted by Gasteiger charge is 2.53. The van der Waals surface area contributed by atoms with Crippen LogP contribution in [-0.2, 0) is 9.31 Å². The molecule has 2 aliphatic rings. The molecule has 0 aromatic carbocycles. The molecule has 0 unspecified atom stereocenters. The topological polar surface area (TPSA) is 18.5 Å². The van der Waals surface area contributed by atoms with E-state index in [9.17, 15) is 13.2 Å². The van der Waals surface area contributed by atoms with E-state index in [1.807, 2.05) is 27.7 Å². The average molecular weight is 290 g/mol. The molecule has 1 aliphatic carbocycles. The van der Waals surface area contributed by atoms with Crippen molar-refractivity contribution in [1.82, 2.24) is 0 Å². The van der Waals surface area contributed by atoms with Gasteiger partial charge in [-0.15, -0.1) is 0 Å². The van der Waals surface area contributed by atoms with Gasteiger partial charge >= 0.3 is 7.12 Å². The zero-order chi connectivity index (χ0) is 15.2. The molecule has 0 atom stereocenters. The van der Waals surface area contributed by atoms with Gasteiger partial charge in [0.05, 0.1) is 11.2 Å². The van der Waals surface area contributed by atoms with Gasteiger partial charge in [-0.1, -0.05) is 6.08 Å². The fourth-order valence-electron chi connectivity index (χ4n) is 2.49. The Morgan fingerprint density at radius 1 is 1.05 bits per heavy atom. The van der Waals surface area contributed by atoms with Crippen molar-refractivity contribution in [2.75, 3.05) is 0 Å². The Balaban J connectivity index is 1.99. The molecular weight excluding hydrogens is 268 g/mol. The van der Waals surface area contributed by atoms with E-state index in [1.54, 1.807) is 0 Å². The summed E-state index contributed by atoms with van der Waals surface area (Å²) in [6.07, 6.45) is 1.66. The van der Waals surface area contributed by atoms with Crippen molar-refractivity contribution in [3.8, 4) is 0 Å². The van der Waals surface area contributed by atoms with E-state index in [2.05, 4.69) is 0 Å². The minimum Gasteiger partial charge on any atom is -0.398 e. The molecule has 1 heterocycles. The van der Waals surface area contributed by atoms with Crippen molar-refractivity contribution < 1.29 is 22.5 Å². The molecule has 0 amide bonds. The summed E-state index contributed by atoms with van der Waals surface area (Å²) in [7, 11) is -1.03. The maximum Gasteiger partial charge on any atom is 0.524 e. The van der Waals surface area contributed by atoms with Crippen LogP contribution in [0.2, 0.25) is 0 Å². The van der Waals surface area contributed by atoms with E-state index in [1.165, 1.54) is 6.08 Å². The zero-order valence-corrected chi connectivity index (χ0v) is 12.5. The molecule has 114 valence electrons. The van der Waals surface area contributed by atoms with Gasteiger partial charge < -0.3 is 9.31 Å². The predicted octanol–water partition coefficient (Wildman–Crippen LogP) is 4.30. The number of alkyl halides is 2. The van der Waals surface area contributed by atoms with Crippen molar-refractivity contribution >= 4 is 7.12 Å². The predicted molar refractivity (Wildman–Crippen MR) is 72.2 cm³/mol. The van der Waals surface area contributed by atoms with Gasteiger partial charge in [-0.2, -0.15) is 0 Å². The molecule has 0 radical (unpaired) electrons.